The third-order valence-corrected chi connectivity index (χ3v) is 3.48. The average molecular weight is 207 g/mol. The molecular weight excluding hydrogens is 182 g/mol. The minimum Gasteiger partial charge on any atom is -0.314 e. The molecular formula is C14H25N. The lowest BCUT2D eigenvalue weighted by atomic mass is 9.85. The van der Waals surface area contributed by atoms with Crippen LogP contribution in [0.25, 0.3) is 0 Å². The zero-order chi connectivity index (χ0) is 11.1. The summed E-state index contributed by atoms with van der Waals surface area (Å²) in [6, 6.07) is 0.597. The molecule has 0 amide bonds. The number of hydrogen-bond acceptors (Lipinski definition) is 1. The van der Waals surface area contributed by atoms with E-state index in [9.17, 15) is 0 Å². The largest absolute Gasteiger partial charge is 0.314 e. The first-order chi connectivity index (χ1) is 7.24. The fourth-order valence-corrected chi connectivity index (χ4v) is 2.54. The third-order valence-electron chi connectivity index (χ3n) is 3.48. The van der Waals surface area contributed by atoms with Crippen molar-refractivity contribution in [3.63, 3.8) is 0 Å². The van der Waals surface area contributed by atoms with E-state index in [1.165, 1.54) is 32.1 Å². The molecule has 0 spiro atoms. The summed E-state index contributed by atoms with van der Waals surface area (Å²) in [6.45, 7) is 5.59. The molecule has 2 atom stereocenters. The van der Waals surface area contributed by atoms with Gasteiger partial charge in [0.05, 0.1) is 0 Å². The molecule has 0 bridgehead atoms. The molecule has 1 nitrogen and oxygen atoms in total. The van der Waals surface area contributed by atoms with Crippen LogP contribution in [-0.2, 0) is 0 Å². The highest BCUT2D eigenvalue weighted by Gasteiger charge is 2.22. The molecule has 1 aliphatic rings. The SMILES string of the molecule is C#CCC1CCCCCC1CNC(C)C. The Labute approximate surface area is 95.0 Å². The fourth-order valence-electron chi connectivity index (χ4n) is 2.54. The molecule has 1 fully saturated rings. The van der Waals surface area contributed by atoms with Gasteiger partial charge in [0.1, 0.15) is 0 Å². The molecule has 1 heteroatoms. The molecule has 86 valence electrons. The topological polar surface area (TPSA) is 12.0 Å². The Kier molecular flexibility index (Phi) is 5.79. The highest BCUT2D eigenvalue weighted by molar-refractivity contribution is 4.90. The van der Waals surface area contributed by atoms with Crippen LogP contribution in [0.15, 0.2) is 0 Å². The predicted molar refractivity (Wildman–Crippen MR) is 66.7 cm³/mol. The van der Waals surface area contributed by atoms with Crippen LogP contribution in [0.1, 0.15) is 52.4 Å². The van der Waals surface area contributed by atoms with Crippen molar-refractivity contribution in [2.45, 2.75) is 58.4 Å². The van der Waals surface area contributed by atoms with E-state index in [1.54, 1.807) is 0 Å². The van der Waals surface area contributed by atoms with E-state index < -0.39 is 0 Å². The third kappa shape index (κ3) is 4.71. The van der Waals surface area contributed by atoms with Gasteiger partial charge in [-0.3, -0.25) is 0 Å². The molecule has 1 aliphatic carbocycles. The van der Waals surface area contributed by atoms with Gasteiger partial charge >= 0.3 is 0 Å². The second kappa shape index (κ2) is 6.90. The van der Waals surface area contributed by atoms with Gasteiger partial charge in [0.25, 0.3) is 0 Å². The van der Waals surface area contributed by atoms with Gasteiger partial charge in [-0.15, -0.1) is 12.3 Å². The summed E-state index contributed by atoms with van der Waals surface area (Å²) >= 11 is 0. The molecule has 0 aromatic rings. The van der Waals surface area contributed by atoms with E-state index in [-0.39, 0.29) is 0 Å². The average Bonchev–Trinajstić information content (AvgIpc) is 2.41. The van der Waals surface area contributed by atoms with Gasteiger partial charge in [0.15, 0.2) is 0 Å². The van der Waals surface area contributed by atoms with Crippen LogP contribution < -0.4 is 5.32 Å². The van der Waals surface area contributed by atoms with Crippen molar-refractivity contribution in [3.8, 4) is 12.3 Å². The van der Waals surface area contributed by atoms with Gasteiger partial charge < -0.3 is 5.32 Å². The number of nitrogens with one attached hydrogen (secondary N) is 1. The Balaban J connectivity index is 2.43. The maximum atomic E-state index is 5.46. The lowest BCUT2D eigenvalue weighted by Crippen LogP contribution is -2.32. The van der Waals surface area contributed by atoms with Crippen molar-refractivity contribution in [2.24, 2.45) is 11.8 Å². The predicted octanol–water partition coefficient (Wildman–Crippen LogP) is 3.20. The van der Waals surface area contributed by atoms with Crippen LogP contribution >= 0.6 is 0 Å². The Bertz CT molecular complexity index is 202. The van der Waals surface area contributed by atoms with E-state index in [4.69, 9.17) is 6.42 Å². The summed E-state index contributed by atoms with van der Waals surface area (Å²) in [5, 5.41) is 3.56. The Morgan fingerprint density at radius 2 is 1.87 bits per heavy atom. The standard InChI is InChI=1S/C14H25N/c1-4-8-13-9-6-5-7-10-14(13)11-15-12(2)3/h1,12-15H,5-11H2,2-3H3. The summed E-state index contributed by atoms with van der Waals surface area (Å²) in [4.78, 5) is 0. The molecule has 0 aromatic carbocycles. The van der Waals surface area contributed by atoms with Gasteiger partial charge in [-0.2, -0.15) is 0 Å². The highest BCUT2D eigenvalue weighted by Crippen LogP contribution is 2.30. The van der Waals surface area contributed by atoms with Gasteiger partial charge in [0.2, 0.25) is 0 Å². The minimum atomic E-state index is 0.597. The quantitative estimate of drug-likeness (QED) is 0.551. The highest BCUT2D eigenvalue weighted by atomic mass is 14.9. The molecule has 0 saturated heterocycles. The van der Waals surface area contributed by atoms with E-state index in [0.29, 0.717) is 6.04 Å². The minimum absolute atomic E-state index is 0.597. The van der Waals surface area contributed by atoms with Gasteiger partial charge in [-0.1, -0.05) is 33.1 Å². The van der Waals surface area contributed by atoms with E-state index in [1.807, 2.05) is 0 Å². The van der Waals surface area contributed by atoms with E-state index in [2.05, 4.69) is 25.1 Å². The van der Waals surface area contributed by atoms with E-state index >= 15 is 0 Å². The molecule has 0 heterocycles. The first-order valence-electron chi connectivity index (χ1n) is 6.41. The Morgan fingerprint density at radius 1 is 1.20 bits per heavy atom. The lowest BCUT2D eigenvalue weighted by Gasteiger charge is -2.24. The van der Waals surface area contributed by atoms with Crippen LogP contribution in [-0.4, -0.2) is 12.6 Å². The smallest absolute Gasteiger partial charge is 0.0117 e. The van der Waals surface area contributed by atoms with Crippen molar-refractivity contribution in [1.29, 1.82) is 0 Å². The maximum Gasteiger partial charge on any atom is 0.0117 e. The van der Waals surface area contributed by atoms with Crippen molar-refractivity contribution in [3.05, 3.63) is 0 Å². The molecule has 15 heavy (non-hydrogen) atoms. The molecule has 0 aromatic heterocycles. The van der Waals surface area contributed by atoms with Crippen molar-refractivity contribution in [2.75, 3.05) is 6.54 Å². The second-order valence-corrected chi connectivity index (χ2v) is 5.13. The second-order valence-electron chi connectivity index (χ2n) is 5.13. The Hall–Kier alpha value is -0.480. The zero-order valence-corrected chi connectivity index (χ0v) is 10.3. The first-order valence-corrected chi connectivity index (χ1v) is 6.41. The molecule has 1 saturated carbocycles. The van der Waals surface area contributed by atoms with Gasteiger partial charge in [-0.25, -0.2) is 0 Å². The van der Waals surface area contributed by atoms with Crippen LogP contribution in [0.5, 0.6) is 0 Å². The lowest BCUT2D eigenvalue weighted by molar-refractivity contribution is 0.297. The van der Waals surface area contributed by atoms with Crippen LogP contribution in [0.3, 0.4) is 0 Å². The van der Waals surface area contributed by atoms with Crippen LogP contribution in [0, 0.1) is 24.2 Å². The molecule has 1 rings (SSSR count). The van der Waals surface area contributed by atoms with Crippen molar-refractivity contribution in [1.82, 2.24) is 5.32 Å². The monoisotopic (exact) mass is 207 g/mol. The summed E-state index contributed by atoms with van der Waals surface area (Å²) in [6.07, 6.45) is 13.3. The summed E-state index contributed by atoms with van der Waals surface area (Å²) < 4.78 is 0. The normalized spacial score (nSPS) is 27.3. The van der Waals surface area contributed by atoms with Gasteiger partial charge in [0, 0.05) is 12.5 Å². The summed E-state index contributed by atoms with van der Waals surface area (Å²) in [5.41, 5.74) is 0. The van der Waals surface area contributed by atoms with Gasteiger partial charge in [-0.05, 0) is 31.2 Å². The summed E-state index contributed by atoms with van der Waals surface area (Å²) in [5.74, 6) is 4.43. The molecule has 0 aliphatic heterocycles. The molecule has 1 N–H and O–H groups in total. The van der Waals surface area contributed by atoms with Crippen LogP contribution in [0.2, 0.25) is 0 Å². The number of rotatable bonds is 4. The molecule has 0 radical (unpaired) electrons. The van der Waals surface area contributed by atoms with Crippen LogP contribution in [0.4, 0.5) is 0 Å². The number of terminal acetylenes is 1. The first kappa shape index (κ1) is 12.6. The van der Waals surface area contributed by atoms with Crippen molar-refractivity contribution < 1.29 is 0 Å². The zero-order valence-electron chi connectivity index (χ0n) is 10.3. The van der Waals surface area contributed by atoms with E-state index in [0.717, 1.165) is 24.8 Å². The Morgan fingerprint density at radius 3 is 2.47 bits per heavy atom. The number of hydrogen-bond donors (Lipinski definition) is 1. The van der Waals surface area contributed by atoms with Crippen molar-refractivity contribution >= 4 is 0 Å². The molecule has 2 unspecified atom stereocenters. The fraction of sp³-hybridized carbons (Fsp3) is 0.857. The maximum absolute atomic E-state index is 5.46. The summed E-state index contributed by atoms with van der Waals surface area (Å²) in [7, 11) is 0.